The molecule has 0 N–H and O–H groups in total. The van der Waals surface area contributed by atoms with Crippen LogP contribution in [0.1, 0.15) is 13.3 Å². The van der Waals surface area contributed by atoms with Gasteiger partial charge in [0.05, 0.1) is 21.1 Å². The normalized spacial score (nSPS) is 15.2. The SMILES string of the molecule is CCC([N+](C)(C)C)[Si](Cl)(Cl)Cl.[Cl-]. The van der Waals surface area contributed by atoms with Crippen molar-refractivity contribution < 1.29 is 16.9 Å². The molecule has 1 atom stereocenters. The summed E-state index contributed by atoms with van der Waals surface area (Å²) in [4.78, 5) is 0. The Hall–Kier alpha value is 1.34. The molecule has 0 rings (SSSR count). The Morgan fingerprint density at radius 3 is 1.50 bits per heavy atom. The quantitative estimate of drug-likeness (QED) is 0.374. The zero-order valence-corrected chi connectivity index (χ0v) is 11.8. The molecule has 76 valence electrons. The summed E-state index contributed by atoms with van der Waals surface area (Å²) < 4.78 is 0.735. The summed E-state index contributed by atoms with van der Waals surface area (Å²) >= 11 is 17.8. The maximum Gasteiger partial charge on any atom is 0.402 e. The Morgan fingerprint density at radius 1 is 1.17 bits per heavy atom. The summed E-state index contributed by atoms with van der Waals surface area (Å²) in [7, 11) is 6.18. The molecule has 1 nitrogen and oxygen atoms in total. The predicted molar refractivity (Wildman–Crippen MR) is 55.4 cm³/mol. The van der Waals surface area contributed by atoms with Crippen molar-refractivity contribution in [1.82, 2.24) is 0 Å². The minimum atomic E-state index is -2.53. The number of nitrogens with zero attached hydrogens (tertiary/aromatic N) is 1. The van der Waals surface area contributed by atoms with E-state index in [0.29, 0.717) is 0 Å². The molecule has 0 saturated heterocycles. The predicted octanol–water partition coefficient (Wildman–Crippen LogP) is -0.330. The average Bonchev–Trinajstić information content (AvgIpc) is 1.56. The molecule has 0 spiro atoms. The molecular formula is C6H15Cl4NSi. The molecule has 0 aliphatic carbocycles. The van der Waals surface area contributed by atoms with Crippen molar-refractivity contribution >= 4 is 39.2 Å². The van der Waals surface area contributed by atoms with Gasteiger partial charge in [-0.25, -0.2) is 0 Å². The summed E-state index contributed by atoms with van der Waals surface area (Å²) in [6.45, 7) is 2.06. The van der Waals surface area contributed by atoms with Crippen molar-refractivity contribution in [2.75, 3.05) is 21.1 Å². The summed E-state index contributed by atoms with van der Waals surface area (Å²) in [6.07, 6.45) is 0.923. The highest BCUT2D eigenvalue weighted by molar-refractivity contribution is 7.65. The van der Waals surface area contributed by atoms with E-state index in [0.717, 1.165) is 10.9 Å². The van der Waals surface area contributed by atoms with E-state index >= 15 is 0 Å². The van der Waals surface area contributed by atoms with Crippen LogP contribution >= 0.6 is 33.2 Å². The Balaban J connectivity index is 0. The molecule has 0 bridgehead atoms. The van der Waals surface area contributed by atoms with E-state index in [1.807, 2.05) is 0 Å². The lowest BCUT2D eigenvalue weighted by molar-refractivity contribution is -0.883. The minimum absolute atomic E-state index is 0. The Labute approximate surface area is 96.1 Å². The molecular weight excluding hydrogens is 256 g/mol. The average molecular weight is 271 g/mol. The number of quaternary nitrogens is 1. The van der Waals surface area contributed by atoms with Gasteiger partial charge in [-0.05, 0) is 6.42 Å². The van der Waals surface area contributed by atoms with Crippen LogP contribution in [0.5, 0.6) is 0 Å². The largest absolute Gasteiger partial charge is 1.00 e. The minimum Gasteiger partial charge on any atom is -1.00 e. The van der Waals surface area contributed by atoms with Gasteiger partial charge in [0.2, 0.25) is 0 Å². The van der Waals surface area contributed by atoms with Gasteiger partial charge in [0.25, 0.3) is 0 Å². The molecule has 0 aliphatic rings. The lowest BCUT2D eigenvalue weighted by atomic mass is 10.4. The highest BCUT2D eigenvalue weighted by Gasteiger charge is 2.44. The third-order valence-corrected chi connectivity index (χ3v) is 5.91. The Kier molecular flexibility index (Phi) is 6.94. The molecule has 0 saturated carbocycles. The van der Waals surface area contributed by atoms with Crippen LogP contribution in [0.25, 0.3) is 0 Å². The fourth-order valence-corrected chi connectivity index (χ4v) is 6.58. The van der Waals surface area contributed by atoms with Crippen LogP contribution in [-0.4, -0.2) is 37.3 Å². The van der Waals surface area contributed by atoms with Crippen molar-refractivity contribution in [3.05, 3.63) is 0 Å². The first kappa shape index (κ1) is 15.8. The number of hydrogen-bond donors (Lipinski definition) is 0. The fraction of sp³-hybridized carbons (Fsp3) is 1.00. The van der Waals surface area contributed by atoms with E-state index in [4.69, 9.17) is 33.2 Å². The van der Waals surface area contributed by atoms with E-state index in [1.165, 1.54) is 0 Å². The van der Waals surface area contributed by atoms with Crippen molar-refractivity contribution in [2.45, 2.75) is 19.0 Å². The highest BCUT2D eigenvalue weighted by atomic mass is 35.8. The van der Waals surface area contributed by atoms with Crippen molar-refractivity contribution in [3.8, 4) is 0 Å². The van der Waals surface area contributed by atoms with E-state index in [2.05, 4.69) is 28.1 Å². The second-order valence-electron chi connectivity index (χ2n) is 3.58. The van der Waals surface area contributed by atoms with Crippen LogP contribution in [0.4, 0.5) is 0 Å². The molecule has 12 heavy (non-hydrogen) atoms. The standard InChI is InChI=1S/C6H15Cl3NSi.ClH/c1-5-6(10(2,3)4)11(7,8)9;/h6H,5H2,1-4H3;1H/q+1;/p-1. The topological polar surface area (TPSA) is 0 Å². The maximum atomic E-state index is 5.94. The summed E-state index contributed by atoms with van der Waals surface area (Å²) in [5, 5.41) is 0. The van der Waals surface area contributed by atoms with Gasteiger partial charge in [0.1, 0.15) is 5.67 Å². The molecule has 6 heteroatoms. The van der Waals surface area contributed by atoms with Crippen molar-refractivity contribution in [2.24, 2.45) is 0 Å². The van der Waals surface area contributed by atoms with Gasteiger partial charge >= 0.3 is 6.00 Å². The van der Waals surface area contributed by atoms with Crippen LogP contribution in [0.3, 0.4) is 0 Å². The second-order valence-corrected chi connectivity index (χ2v) is 12.4. The number of rotatable bonds is 3. The smallest absolute Gasteiger partial charge is 0.402 e. The summed E-state index contributed by atoms with van der Waals surface area (Å²) in [6, 6.07) is -2.53. The number of hydrogen-bond acceptors (Lipinski definition) is 0. The van der Waals surface area contributed by atoms with Crippen LogP contribution in [-0.2, 0) is 0 Å². The van der Waals surface area contributed by atoms with Crippen molar-refractivity contribution in [3.63, 3.8) is 0 Å². The Morgan fingerprint density at radius 2 is 1.50 bits per heavy atom. The third kappa shape index (κ3) is 5.15. The molecule has 0 aromatic heterocycles. The van der Waals surface area contributed by atoms with E-state index in [1.54, 1.807) is 0 Å². The molecule has 0 radical (unpaired) electrons. The van der Waals surface area contributed by atoms with Gasteiger partial charge in [0, 0.05) is 0 Å². The van der Waals surface area contributed by atoms with E-state index in [-0.39, 0.29) is 18.1 Å². The Bertz CT molecular complexity index is 114. The molecule has 0 amide bonds. The van der Waals surface area contributed by atoms with Gasteiger partial charge in [-0.3, -0.25) is 0 Å². The second kappa shape index (κ2) is 5.28. The summed E-state index contributed by atoms with van der Waals surface area (Å²) in [5.41, 5.74) is 0.187. The van der Waals surface area contributed by atoms with E-state index in [9.17, 15) is 0 Å². The summed E-state index contributed by atoms with van der Waals surface area (Å²) in [5.74, 6) is 0. The maximum absolute atomic E-state index is 5.94. The lowest BCUT2D eigenvalue weighted by Gasteiger charge is -2.36. The monoisotopic (exact) mass is 269 g/mol. The zero-order chi connectivity index (χ0) is 9.28. The van der Waals surface area contributed by atoms with Gasteiger partial charge in [-0.2, -0.15) is 0 Å². The number of halogens is 4. The van der Waals surface area contributed by atoms with Crippen molar-refractivity contribution in [1.29, 1.82) is 0 Å². The first-order valence-corrected chi connectivity index (χ1v) is 8.68. The molecule has 0 aromatic carbocycles. The first-order valence-electron chi connectivity index (χ1n) is 3.57. The van der Waals surface area contributed by atoms with Gasteiger partial charge in [0.15, 0.2) is 0 Å². The molecule has 0 fully saturated rings. The van der Waals surface area contributed by atoms with Crippen LogP contribution in [0.15, 0.2) is 0 Å². The van der Waals surface area contributed by atoms with Gasteiger partial charge in [-0.15, -0.1) is 33.2 Å². The van der Waals surface area contributed by atoms with Crippen LogP contribution in [0, 0.1) is 0 Å². The fourth-order valence-electron chi connectivity index (χ4n) is 1.22. The molecule has 0 aromatic rings. The van der Waals surface area contributed by atoms with Gasteiger partial charge < -0.3 is 16.9 Å². The highest BCUT2D eigenvalue weighted by Crippen LogP contribution is 2.31. The van der Waals surface area contributed by atoms with Gasteiger partial charge in [-0.1, -0.05) is 6.92 Å². The molecule has 0 heterocycles. The first-order chi connectivity index (χ1) is 4.69. The zero-order valence-electron chi connectivity index (χ0n) is 7.74. The molecule has 1 unspecified atom stereocenters. The van der Waals surface area contributed by atoms with Crippen LogP contribution in [0.2, 0.25) is 0 Å². The third-order valence-electron chi connectivity index (χ3n) is 1.70. The van der Waals surface area contributed by atoms with Crippen LogP contribution < -0.4 is 12.4 Å². The lowest BCUT2D eigenvalue weighted by Crippen LogP contribution is -3.00. The molecule has 0 aliphatic heterocycles. The van der Waals surface area contributed by atoms with E-state index < -0.39 is 6.00 Å².